The number of aliphatic hydroxyl groups excluding tert-OH is 1. The molecule has 2 aromatic rings. The second-order valence-corrected chi connectivity index (χ2v) is 7.64. The van der Waals surface area contributed by atoms with Gasteiger partial charge in [-0.1, -0.05) is 0 Å². The van der Waals surface area contributed by atoms with Gasteiger partial charge >= 0.3 is 0 Å². The van der Waals surface area contributed by atoms with Crippen LogP contribution in [0.15, 0.2) is 30.5 Å². The van der Waals surface area contributed by atoms with Crippen LogP contribution in [-0.4, -0.2) is 47.2 Å². The Kier molecular flexibility index (Phi) is 4.35. The maximum atomic E-state index is 13.9. The summed E-state index contributed by atoms with van der Waals surface area (Å²) in [5, 5.41) is 12.0. The molecule has 5 rings (SSSR count). The summed E-state index contributed by atoms with van der Waals surface area (Å²) >= 11 is 0. The number of aliphatic hydroxyl groups is 1. The number of alkyl halides is 2. The summed E-state index contributed by atoms with van der Waals surface area (Å²) in [4.78, 5) is 6.40. The van der Waals surface area contributed by atoms with Crippen LogP contribution in [0.2, 0.25) is 0 Å². The standard InChI is InChI=1S/C20H24F2N2O2/c1-20(21,22)16-11-24-8-6-12(16)9-18(24)19(25)14-5-7-23-17-4-3-13(26-2)10-15(14)17/h3-5,7,10,12,16,18-19,25H,6,8-9,11H2,1-2H3/t12-,16+,18-,19-/m0/s1. The lowest BCUT2D eigenvalue weighted by Crippen LogP contribution is -2.58. The molecule has 0 aliphatic carbocycles. The van der Waals surface area contributed by atoms with E-state index in [2.05, 4.69) is 4.98 Å². The van der Waals surface area contributed by atoms with Gasteiger partial charge in [-0.05, 0) is 62.1 Å². The highest BCUT2D eigenvalue weighted by Crippen LogP contribution is 2.46. The Morgan fingerprint density at radius 2 is 2.15 bits per heavy atom. The first-order valence-electron chi connectivity index (χ1n) is 9.11. The van der Waals surface area contributed by atoms with Crippen LogP contribution in [0.5, 0.6) is 5.75 Å². The molecule has 1 N–H and O–H groups in total. The molecule has 0 saturated carbocycles. The number of ether oxygens (including phenoxy) is 1. The summed E-state index contributed by atoms with van der Waals surface area (Å²) in [6, 6.07) is 7.27. The maximum absolute atomic E-state index is 13.9. The average Bonchev–Trinajstić information content (AvgIpc) is 2.66. The van der Waals surface area contributed by atoms with Gasteiger partial charge in [-0.2, -0.15) is 0 Å². The second kappa shape index (κ2) is 6.43. The van der Waals surface area contributed by atoms with Crippen molar-refractivity contribution in [3.05, 3.63) is 36.0 Å². The Labute approximate surface area is 151 Å². The number of aromatic nitrogens is 1. The lowest BCUT2D eigenvalue weighted by molar-refractivity contribution is -0.142. The predicted octanol–water partition coefficient (Wildman–Crippen LogP) is 3.64. The van der Waals surface area contributed by atoms with Gasteiger partial charge in [-0.15, -0.1) is 0 Å². The second-order valence-electron chi connectivity index (χ2n) is 7.64. The van der Waals surface area contributed by atoms with Crippen molar-refractivity contribution < 1.29 is 18.6 Å². The van der Waals surface area contributed by atoms with E-state index in [0.29, 0.717) is 18.7 Å². The lowest BCUT2D eigenvalue weighted by Gasteiger charge is -2.52. The highest BCUT2D eigenvalue weighted by atomic mass is 19.3. The third kappa shape index (κ3) is 2.95. The zero-order valence-electron chi connectivity index (χ0n) is 15.0. The summed E-state index contributed by atoms with van der Waals surface area (Å²) in [6.07, 6.45) is 2.33. The summed E-state index contributed by atoms with van der Waals surface area (Å²) < 4.78 is 33.1. The van der Waals surface area contributed by atoms with Gasteiger partial charge in [0.1, 0.15) is 5.75 Å². The first kappa shape index (κ1) is 17.6. The third-order valence-corrected chi connectivity index (χ3v) is 6.12. The quantitative estimate of drug-likeness (QED) is 0.902. The maximum Gasteiger partial charge on any atom is 0.249 e. The molecule has 3 aliphatic heterocycles. The van der Waals surface area contributed by atoms with Gasteiger partial charge in [-0.25, -0.2) is 8.78 Å². The summed E-state index contributed by atoms with van der Waals surface area (Å²) in [5.74, 6) is -2.62. The predicted molar refractivity (Wildman–Crippen MR) is 95.5 cm³/mol. The minimum Gasteiger partial charge on any atom is -0.497 e. The van der Waals surface area contributed by atoms with E-state index < -0.39 is 17.9 Å². The minimum absolute atomic E-state index is 0.0395. The number of pyridine rings is 1. The molecular formula is C20H24F2N2O2. The molecule has 5 atom stereocenters. The van der Waals surface area contributed by atoms with Gasteiger partial charge in [0, 0.05) is 30.1 Å². The Balaban J connectivity index is 1.65. The van der Waals surface area contributed by atoms with Crippen molar-refractivity contribution in [2.45, 2.75) is 37.8 Å². The van der Waals surface area contributed by atoms with Crippen molar-refractivity contribution in [2.24, 2.45) is 11.8 Å². The molecule has 6 heteroatoms. The van der Waals surface area contributed by atoms with Crippen LogP contribution in [0.25, 0.3) is 10.9 Å². The van der Waals surface area contributed by atoms with Crippen LogP contribution in [0.3, 0.4) is 0 Å². The van der Waals surface area contributed by atoms with Crippen LogP contribution in [0.1, 0.15) is 31.4 Å². The van der Waals surface area contributed by atoms with Crippen molar-refractivity contribution in [3.63, 3.8) is 0 Å². The minimum atomic E-state index is -2.67. The fourth-order valence-electron chi connectivity index (χ4n) is 4.71. The molecule has 2 bridgehead atoms. The monoisotopic (exact) mass is 362 g/mol. The molecule has 1 aromatic carbocycles. The van der Waals surface area contributed by atoms with Gasteiger partial charge in [0.15, 0.2) is 0 Å². The van der Waals surface area contributed by atoms with E-state index in [4.69, 9.17) is 4.74 Å². The van der Waals surface area contributed by atoms with E-state index in [1.807, 2.05) is 29.2 Å². The van der Waals surface area contributed by atoms with Crippen LogP contribution in [0, 0.1) is 11.8 Å². The Bertz CT molecular complexity index is 808. The van der Waals surface area contributed by atoms with Gasteiger partial charge < -0.3 is 9.84 Å². The van der Waals surface area contributed by atoms with Gasteiger partial charge in [-0.3, -0.25) is 9.88 Å². The molecule has 3 saturated heterocycles. The molecule has 4 nitrogen and oxygen atoms in total. The van der Waals surface area contributed by atoms with Crippen molar-refractivity contribution in [3.8, 4) is 5.75 Å². The zero-order valence-corrected chi connectivity index (χ0v) is 15.0. The Morgan fingerprint density at radius 3 is 2.81 bits per heavy atom. The van der Waals surface area contributed by atoms with Gasteiger partial charge in [0.25, 0.3) is 0 Å². The highest BCUT2D eigenvalue weighted by molar-refractivity contribution is 5.83. The molecule has 0 amide bonds. The Morgan fingerprint density at radius 1 is 1.35 bits per heavy atom. The van der Waals surface area contributed by atoms with Crippen molar-refractivity contribution >= 4 is 10.9 Å². The lowest BCUT2D eigenvalue weighted by atomic mass is 9.71. The van der Waals surface area contributed by atoms with E-state index in [0.717, 1.165) is 36.4 Å². The largest absolute Gasteiger partial charge is 0.497 e. The molecule has 140 valence electrons. The molecule has 26 heavy (non-hydrogen) atoms. The van der Waals surface area contributed by atoms with Gasteiger partial charge in [0.2, 0.25) is 5.92 Å². The fourth-order valence-corrected chi connectivity index (χ4v) is 4.71. The number of piperidine rings is 3. The van der Waals surface area contributed by atoms with Crippen LogP contribution < -0.4 is 4.74 Å². The molecule has 3 aliphatic rings. The smallest absolute Gasteiger partial charge is 0.249 e. The third-order valence-electron chi connectivity index (χ3n) is 6.12. The Hall–Kier alpha value is -1.79. The summed E-state index contributed by atoms with van der Waals surface area (Å²) in [6.45, 7) is 2.14. The van der Waals surface area contributed by atoms with E-state index in [1.54, 1.807) is 13.3 Å². The highest BCUT2D eigenvalue weighted by Gasteiger charge is 2.50. The number of halogens is 2. The van der Waals surface area contributed by atoms with E-state index >= 15 is 0 Å². The fraction of sp³-hybridized carbons (Fsp3) is 0.550. The normalized spacial score (nSPS) is 29.7. The summed E-state index contributed by atoms with van der Waals surface area (Å²) in [7, 11) is 1.60. The molecule has 3 fully saturated rings. The van der Waals surface area contributed by atoms with E-state index in [9.17, 15) is 13.9 Å². The van der Waals surface area contributed by atoms with Crippen LogP contribution in [0.4, 0.5) is 8.78 Å². The van der Waals surface area contributed by atoms with E-state index in [1.165, 1.54) is 0 Å². The molecule has 1 unspecified atom stereocenters. The molecular weight excluding hydrogens is 338 g/mol. The average molecular weight is 362 g/mol. The number of hydrogen-bond acceptors (Lipinski definition) is 4. The first-order chi connectivity index (χ1) is 12.4. The van der Waals surface area contributed by atoms with Crippen LogP contribution >= 0.6 is 0 Å². The first-order valence-corrected chi connectivity index (χ1v) is 9.11. The SMILES string of the molecule is COc1ccc2nccc([C@H](O)[C@@H]3C[C@@H]4CCN3C[C@H]4C(C)(F)F)c2c1. The number of benzene rings is 1. The van der Waals surface area contributed by atoms with E-state index in [-0.39, 0.29) is 12.0 Å². The molecule has 0 radical (unpaired) electrons. The number of hydrogen-bond donors (Lipinski definition) is 1. The number of fused-ring (bicyclic) bond motifs is 4. The zero-order chi connectivity index (χ0) is 18.5. The summed E-state index contributed by atoms with van der Waals surface area (Å²) in [5.41, 5.74) is 1.57. The number of methoxy groups -OCH3 is 1. The van der Waals surface area contributed by atoms with Gasteiger partial charge in [0.05, 0.1) is 18.7 Å². The molecule has 0 spiro atoms. The van der Waals surface area contributed by atoms with Crippen molar-refractivity contribution in [2.75, 3.05) is 20.2 Å². The molecule has 1 aromatic heterocycles. The number of nitrogens with zero attached hydrogens (tertiary/aromatic N) is 2. The number of rotatable bonds is 4. The van der Waals surface area contributed by atoms with Crippen LogP contribution in [-0.2, 0) is 0 Å². The molecule has 4 heterocycles. The van der Waals surface area contributed by atoms with Crippen molar-refractivity contribution in [1.82, 2.24) is 9.88 Å². The van der Waals surface area contributed by atoms with Crippen molar-refractivity contribution in [1.29, 1.82) is 0 Å². The topological polar surface area (TPSA) is 45.6 Å².